The van der Waals surface area contributed by atoms with E-state index in [0.29, 0.717) is 24.5 Å². The number of carbonyl (C=O) groups excluding carboxylic acids is 2. The Labute approximate surface area is 174 Å². The first-order valence-electron chi connectivity index (χ1n) is 9.99. The number of nitrogens with zero attached hydrogens (tertiary/aromatic N) is 3. The van der Waals surface area contributed by atoms with Gasteiger partial charge in [0.1, 0.15) is 18.0 Å². The highest BCUT2D eigenvalue weighted by atomic mass is 16.5. The van der Waals surface area contributed by atoms with Crippen LogP contribution in [0.25, 0.3) is 10.9 Å². The van der Waals surface area contributed by atoms with E-state index in [0.717, 1.165) is 28.6 Å². The number of para-hydroxylation sites is 1. The van der Waals surface area contributed by atoms with E-state index in [2.05, 4.69) is 10.4 Å². The number of hydrazone groups is 1. The Hall–Kier alpha value is -3.61. The summed E-state index contributed by atoms with van der Waals surface area (Å²) < 4.78 is 7.21. The van der Waals surface area contributed by atoms with E-state index in [9.17, 15) is 9.59 Å². The largest absolute Gasteiger partial charge is 0.497 e. The van der Waals surface area contributed by atoms with E-state index in [1.54, 1.807) is 7.11 Å². The van der Waals surface area contributed by atoms with Crippen LogP contribution in [0.4, 0.5) is 0 Å². The van der Waals surface area contributed by atoms with Gasteiger partial charge in [0.05, 0.1) is 19.4 Å². The highest BCUT2D eigenvalue weighted by Gasteiger charge is 2.27. The van der Waals surface area contributed by atoms with Crippen molar-refractivity contribution in [1.82, 2.24) is 14.9 Å². The normalized spacial score (nSPS) is 13.6. The molecule has 0 spiro atoms. The monoisotopic (exact) mass is 404 g/mol. The molecule has 0 bridgehead atoms. The van der Waals surface area contributed by atoms with E-state index < -0.39 is 0 Å². The highest BCUT2D eigenvalue weighted by molar-refractivity contribution is 6.07. The minimum Gasteiger partial charge on any atom is -0.497 e. The smallest absolute Gasteiger partial charge is 0.291 e. The number of fused-ring (bicyclic) bond motifs is 3. The second-order valence-electron chi connectivity index (χ2n) is 7.16. The molecule has 4 rings (SSSR count). The van der Waals surface area contributed by atoms with Gasteiger partial charge in [0.2, 0.25) is 5.91 Å². The third-order valence-electron chi connectivity index (χ3n) is 5.10. The van der Waals surface area contributed by atoms with Gasteiger partial charge in [0.25, 0.3) is 5.91 Å². The molecule has 0 radical (unpaired) electrons. The number of aromatic nitrogens is 1. The van der Waals surface area contributed by atoms with Gasteiger partial charge < -0.3 is 14.6 Å². The fraction of sp³-hybridized carbons (Fsp3) is 0.261. The number of benzene rings is 2. The van der Waals surface area contributed by atoms with E-state index >= 15 is 0 Å². The molecule has 0 fully saturated rings. The topological polar surface area (TPSA) is 75.9 Å². The number of hydrogen-bond donors (Lipinski definition) is 1. The van der Waals surface area contributed by atoms with E-state index in [4.69, 9.17) is 4.74 Å². The van der Waals surface area contributed by atoms with Crippen LogP contribution >= 0.6 is 0 Å². The molecule has 1 aliphatic heterocycles. The molecule has 7 heteroatoms. The number of nitrogens with one attached hydrogen (secondary N) is 1. The van der Waals surface area contributed by atoms with E-state index in [1.165, 1.54) is 5.01 Å². The maximum Gasteiger partial charge on any atom is 0.291 e. The van der Waals surface area contributed by atoms with Gasteiger partial charge in [-0.15, -0.1) is 0 Å². The Kier molecular flexibility index (Phi) is 5.52. The summed E-state index contributed by atoms with van der Waals surface area (Å²) >= 11 is 0. The fourth-order valence-corrected chi connectivity index (χ4v) is 3.56. The van der Waals surface area contributed by atoms with Crippen LogP contribution in [0.2, 0.25) is 0 Å². The Balaban J connectivity index is 1.77. The molecule has 1 aliphatic rings. The van der Waals surface area contributed by atoms with Crippen molar-refractivity contribution in [1.29, 1.82) is 0 Å². The quantitative estimate of drug-likeness (QED) is 0.686. The van der Waals surface area contributed by atoms with Crippen molar-refractivity contribution in [3.8, 4) is 5.75 Å². The zero-order valence-corrected chi connectivity index (χ0v) is 17.1. The van der Waals surface area contributed by atoms with Crippen LogP contribution in [0, 0.1) is 0 Å². The minimum atomic E-state index is -0.290. The zero-order chi connectivity index (χ0) is 21.1. The molecule has 0 unspecified atom stereocenters. The van der Waals surface area contributed by atoms with E-state index in [1.807, 2.05) is 66.1 Å². The van der Waals surface area contributed by atoms with Crippen molar-refractivity contribution in [2.75, 3.05) is 20.2 Å². The van der Waals surface area contributed by atoms with Crippen molar-refractivity contribution in [2.24, 2.45) is 5.10 Å². The SMILES string of the molecule is CCCNC(=O)CN1N=C(c2ccc(OC)cc2)Cn2c(cc3ccccc32)C1=O. The van der Waals surface area contributed by atoms with Gasteiger partial charge in [-0.2, -0.15) is 5.10 Å². The molecule has 154 valence electrons. The summed E-state index contributed by atoms with van der Waals surface area (Å²) in [5.41, 5.74) is 3.05. The summed E-state index contributed by atoms with van der Waals surface area (Å²) in [4.78, 5) is 25.6. The lowest BCUT2D eigenvalue weighted by atomic mass is 10.1. The third-order valence-corrected chi connectivity index (χ3v) is 5.10. The molecular formula is C23H24N4O3. The lowest BCUT2D eigenvalue weighted by Crippen LogP contribution is -2.38. The van der Waals surface area contributed by atoms with Gasteiger partial charge in [-0.3, -0.25) is 9.59 Å². The van der Waals surface area contributed by atoms with Crippen molar-refractivity contribution in [2.45, 2.75) is 19.9 Å². The van der Waals surface area contributed by atoms with Crippen molar-refractivity contribution >= 4 is 28.4 Å². The molecule has 0 atom stereocenters. The zero-order valence-electron chi connectivity index (χ0n) is 17.1. The Morgan fingerprint density at radius 3 is 2.67 bits per heavy atom. The molecular weight excluding hydrogens is 380 g/mol. The van der Waals surface area contributed by atoms with Gasteiger partial charge in [-0.05, 0) is 48.4 Å². The van der Waals surface area contributed by atoms with Crippen molar-refractivity contribution < 1.29 is 14.3 Å². The Morgan fingerprint density at radius 2 is 1.93 bits per heavy atom. The van der Waals surface area contributed by atoms with E-state index in [-0.39, 0.29) is 18.4 Å². The van der Waals surface area contributed by atoms with Gasteiger partial charge in [-0.1, -0.05) is 25.1 Å². The second kappa shape index (κ2) is 8.41. The predicted molar refractivity (Wildman–Crippen MR) is 116 cm³/mol. The second-order valence-corrected chi connectivity index (χ2v) is 7.16. The maximum atomic E-state index is 13.3. The number of methoxy groups -OCH3 is 1. The molecule has 0 saturated heterocycles. The number of ether oxygens (including phenoxy) is 1. The van der Waals surface area contributed by atoms with Crippen molar-refractivity contribution in [3.63, 3.8) is 0 Å². The molecule has 2 heterocycles. The molecule has 1 N–H and O–H groups in total. The summed E-state index contributed by atoms with van der Waals surface area (Å²) in [6.45, 7) is 2.85. The Bertz CT molecular complexity index is 1120. The lowest BCUT2D eigenvalue weighted by molar-refractivity contribution is -0.121. The molecule has 2 aromatic carbocycles. The van der Waals surface area contributed by atoms with Crippen LogP contribution in [-0.4, -0.2) is 47.3 Å². The fourth-order valence-electron chi connectivity index (χ4n) is 3.56. The number of rotatable bonds is 6. The van der Waals surface area contributed by atoms with Gasteiger partial charge in [0, 0.05) is 17.4 Å². The number of carbonyl (C=O) groups is 2. The standard InChI is InChI=1S/C23H24N4O3/c1-3-12-24-22(28)15-27-23(29)21-13-17-6-4-5-7-20(17)26(21)14-19(25-27)16-8-10-18(30-2)11-9-16/h4-11,13H,3,12,14-15H2,1-2H3,(H,24,28). The highest BCUT2D eigenvalue weighted by Crippen LogP contribution is 2.25. The first-order chi connectivity index (χ1) is 14.6. The molecule has 3 aromatic rings. The lowest BCUT2D eigenvalue weighted by Gasteiger charge is -2.16. The Morgan fingerprint density at radius 1 is 1.17 bits per heavy atom. The van der Waals surface area contributed by atoms with Crippen LogP contribution < -0.4 is 10.1 Å². The summed E-state index contributed by atoms with van der Waals surface area (Å²) in [6.07, 6.45) is 0.828. The summed E-state index contributed by atoms with van der Waals surface area (Å²) in [6, 6.07) is 17.3. The molecule has 30 heavy (non-hydrogen) atoms. The molecule has 1 aromatic heterocycles. The maximum absolute atomic E-state index is 13.3. The van der Waals surface area contributed by atoms with Crippen LogP contribution in [-0.2, 0) is 11.3 Å². The average molecular weight is 404 g/mol. The molecule has 2 amide bonds. The van der Waals surface area contributed by atoms with Gasteiger partial charge >= 0.3 is 0 Å². The first-order valence-corrected chi connectivity index (χ1v) is 9.99. The van der Waals surface area contributed by atoms with Crippen LogP contribution in [0.3, 0.4) is 0 Å². The third kappa shape index (κ3) is 3.78. The minimum absolute atomic E-state index is 0.125. The van der Waals surface area contributed by atoms with Gasteiger partial charge in [0.15, 0.2) is 0 Å². The van der Waals surface area contributed by atoms with Gasteiger partial charge in [-0.25, -0.2) is 5.01 Å². The summed E-state index contributed by atoms with van der Waals surface area (Å²) in [5.74, 6) is 0.223. The van der Waals surface area contributed by atoms with Crippen molar-refractivity contribution in [3.05, 3.63) is 65.9 Å². The van der Waals surface area contributed by atoms with Crippen LogP contribution in [0.1, 0.15) is 29.4 Å². The first kappa shape index (κ1) is 19.7. The average Bonchev–Trinajstić information content (AvgIpc) is 3.08. The molecule has 7 nitrogen and oxygen atoms in total. The predicted octanol–water partition coefficient (Wildman–Crippen LogP) is 3.04. The number of amides is 2. The summed E-state index contributed by atoms with van der Waals surface area (Å²) in [7, 11) is 1.62. The van der Waals surface area contributed by atoms with Crippen LogP contribution in [0.15, 0.2) is 59.7 Å². The molecule has 0 aliphatic carbocycles. The summed E-state index contributed by atoms with van der Waals surface area (Å²) in [5, 5.41) is 9.66. The number of hydrogen-bond acceptors (Lipinski definition) is 4. The van der Waals surface area contributed by atoms with Crippen LogP contribution in [0.5, 0.6) is 5.75 Å². The molecule has 0 saturated carbocycles.